The molecule has 0 radical (unpaired) electrons. The van der Waals surface area contributed by atoms with E-state index in [2.05, 4.69) is 43.5 Å². The molecule has 2 heterocycles. The zero-order valence-corrected chi connectivity index (χ0v) is 17.8. The van der Waals surface area contributed by atoms with Crippen LogP contribution in [0.5, 0.6) is 0 Å². The van der Waals surface area contributed by atoms with E-state index in [9.17, 15) is 4.79 Å². The summed E-state index contributed by atoms with van der Waals surface area (Å²) >= 11 is 0. The number of carbonyl (C=O) groups excluding carboxylic acids is 1. The number of pyridine rings is 1. The van der Waals surface area contributed by atoms with Crippen molar-refractivity contribution in [1.29, 1.82) is 0 Å². The third kappa shape index (κ3) is 4.74. The molecule has 2 atom stereocenters. The molecule has 2 aromatic rings. The highest BCUT2D eigenvalue weighted by molar-refractivity contribution is 6.07. The Hall–Kier alpha value is -1.36. The first-order valence-electron chi connectivity index (χ1n) is 9.47. The van der Waals surface area contributed by atoms with Gasteiger partial charge in [0.15, 0.2) is 0 Å². The van der Waals surface area contributed by atoms with Gasteiger partial charge >= 0.3 is 0 Å². The number of hydrogen-bond donors (Lipinski definition) is 2. The molecule has 0 bridgehead atoms. The molecule has 1 aliphatic carbocycles. The Morgan fingerprint density at radius 3 is 2.56 bits per heavy atom. The maximum absolute atomic E-state index is 13.1. The van der Waals surface area contributed by atoms with Gasteiger partial charge in [0.05, 0.1) is 11.1 Å². The summed E-state index contributed by atoms with van der Waals surface area (Å²) in [7, 11) is 0. The van der Waals surface area contributed by atoms with Crippen LogP contribution in [0.15, 0.2) is 18.2 Å². The number of hydrogen-bond acceptors (Lipinski definition) is 3. The first kappa shape index (κ1) is 21.9. The number of benzene rings is 1. The number of carbonyl (C=O) groups is 1. The van der Waals surface area contributed by atoms with Gasteiger partial charge in [0.2, 0.25) is 0 Å². The predicted octanol–water partition coefficient (Wildman–Crippen LogP) is 4.44. The van der Waals surface area contributed by atoms with Crippen LogP contribution in [-0.4, -0.2) is 29.5 Å². The molecule has 0 spiro atoms. The number of fused-ring (bicyclic) bond motifs is 1. The third-order valence-corrected chi connectivity index (χ3v) is 5.47. The van der Waals surface area contributed by atoms with Crippen molar-refractivity contribution in [3.63, 3.8) is 0 Å². The molecule has 2 N–H and O–H groups in total. The molecule has 4 nitrogen and oxygen atoms in total. The Bertz CT molecular complexity index is 836. The van der Waals surface area contributed by atoms with E-state index in [1.54, 1.807) is 0 Å². The highest BCUT2D eigenvalue weighted by Crippen LogP contribution is 2.40. The Kier molecular flexibility index (Phi) is 7.12. The van der Waals surface area contributed by atoms with Crippen LogP contribution in [-0.2, 0) is 0 Å². The molecule has 148 valence electrons. The lowest BCUT2D eigenvalue weighted by Crippen LogP contribution is -2.46. The molecular weight excluding hydrogens is 381 g/mol. The first-order valence-corrected chi connectivity index (χ1v) is 9.47. The van der Waals surface area contributed by atoms with Gasteiger partial charge in [0.25, 0.3) is 5.91 Å². The maximum atomic E-state index is 13.1. The van der Waals surface area contributed by atoms with E-state index in [0.717, 1.165) is 47.1 Å². The number of aromatic nitrogens is 1. The van der Waals surface area contributed by atoms with Crippen molar-refractivity contribution in [1.82, 2.24) is 15.6 Å². The van der Waals surface area contributed by atoms with Crippen LogP contribution in [0.1, 0.15) is 65.7 Å². The highest BCUT2D eigenvalue weighted by Gasteiger charge is 2.28. The van der Waals surface area contributed by atoms with Gasteiger partial charge < -0.3 is 10.6 Å². The average Bonchev–Trinajstić information content (AvgIpc) is 3.39. The summed E-state index contributed by atoms with van der Waals surface area (Å²) in [6, 6.07) is 7.01. The van der Waals surface area contributed by atoms with E-state index >= 15 is 0 Å². The van der Waals surface area contributed by atoms with Crippen molar-refractivity contribution in [3.05, 3.63) is 40.6 Å². The zero-order valence-electron chi connectivity index (χ0n) is 16.2. The largest absolute Gasteiger partial charge is 0.349 e. The predicted molar refractivity (Wildman–Crippen MR) is 116 cm³/mol. The summed E-state index contributed by atoms with van der Waals surface area (Å²) < 4.78 is 0. The van der Waals surface area contributed by atoms with E-state index < -0.39 is 0 Å². The lowest BCUT2D eigenvalue weighted by molar-refractivity contribution is 0.0927. The standard InChI is InChI=1S/C21H27N3O.2ClH/c1-12-8-13(2)20-17(9-12)18(11-19(24-20)15-4-5-15)21(25)23-16-6-7-22-14(3)10-16;;/h8-9,11,14-16,22H,4-7,10H2,1-3H3,(H,23,25);2*1H. The molecule has 1 amide bonds. The quantitative estimate of drug-likeness (QED) is 0.787. The van der Waals surface area contributed by atoms with E-state index in [4.69, 9.17) is 4.98 Å². The van der Waals surface area contributed by atoms with Crippen molar-refractivity contribution in [3.8, 4) is 0 Å². The molecule has 1 saturated heterocycles. The maximum Gasteiger partial charge on any atom is 0.252 e. The van der Waals surface area contributed by atoms with Crippen LogP contribution in [0.25, 0.3) is 10.9 Å². The van der Waals surface area contributed by atoms with Gasteiger partial charge in [0, 0.05) is 29.1 Å². The second kappa shape index (κ2) is 8.76. The molecule has 2 fully saturated rings. The molecular formula is C21H29Cl2N3O. The van der Waals surface area contributed by atoms with E-state index in [0.29, 0.717) is 12.0 Å². The van der Waals surface area contributed by atoms with Gasteiger partial charge in [0.1, 0.15) is 0 Å². The Morgan fingerprint density at radius 1 is 1.15 bits per heavy atom. The Morgan fingerprint density at radius 2 is 1.89 bits per heavy atom. The zero-order chi connectivity index (χ0) is 17.6. The van der Waals surface area contributed by atoms with Crippen molar-refractivity contribution in [2.24, 2.45) is 0 Å². The summed E-state index contributed by atoms with van der Waals surface area (Å²) in [6.45, 7) is 7.32. The normalized spacial score (nSPS) is 21.9. The number of halogens is 2. The summed E-state index contributed by atoms with van der Waals surface area (Å²) in [4.78, 5) is 18.0. The highest BCUT2D eigenvalue weighted by atomic mass is 35.5. The van der Waals surface area contributed by atoms with Crippen molar-refractivity contribution in [2.45, 2.75) is 64.5 Å². The van der Waals surface area contributed by atoms with Crippen molar-refractivity contribution in [2.75, 3.05) is 6.54 Å². The fourth-order valence-corrected chi connectivity index (χ4v) is 4.00. The first-order chi connectivity index (χ1) is 12.0. The SMILES string of the molecule is Cc1cc(C)c2nc(C3CC3)cc(C(=O)NC3CCNC(C)C3)c2c1.Cl.Cl. The average molecular weight is 410 g/mol. The lowest BCUT2D eigenvalue weighted by Gasteiger charge is -2.28. The minimum absolute atomic E-state index is 0. The monoisotopic (exact) mass is 409 g/mol. The number of nitrogens with one attached hydrogen (secondary N) is 2. The fourth-order valence-electron chi connectivity index (χ4n) is 4.00. The van der Waals surface area contributed by atoms with Crippen LogP contribution in [0.4, 0.5) is 0 Å². The third-order valence-electron chi connectivity index (χ3n) is 5.47. The number of amides is 1. The minimum atomic E-state index is 0. The number of aryl methyl sites for hydroxylation is 2. The second-order valence-electron chi connectivity index (χ2n) is 7.90. The van der Waals surface area contributed by atoms with Gasteiger partial charge in [-0.15, -0.1) is 24.8 Å². The van der Waals surface area contributed by atoms with E-state index in [1.165, 1.54) is 18.4 Å². The molecule has 2 aliphatic rings. The minimum Gasteiger partial charge on any atom is -0.349 e. The Balaban J connectivity index is 0.00000131. The summed E-state index contributed by atoms with van der Waals surface area (Å²) in [5.41, 5.74) is 5.20. The Labute approximate surface area is 173 Å². The van der Waals surface area contributed by atoms with Gasteiger partial charge in [-0.2, -0.15) is 0 Å². The topological polar surface area (TPSA) is 54.0 Å². The van der Waals surface area contributed by atoms with Gasteiger partial charge in [-0.1, -0.05) is 11.6 Å². The lowest BCUT2D eigenvalue weighted by atomic mass is 9.98. The molecule has 2 unspecified atom stereocenters. The summed E-state index contributed by atoms with van der Waals surface area (Å²) in [5, 5.41) is 7.70. The molecule has 4 rings (SSSR count). The fraction of sp³-hybridized carbons (Fsp3) is 0.524. The van der Waals surface area contributed by atoms with E-state index in [-0.39, 0.29) is 36.8 Å². The van der Waals surface area contributed by atoms with Crippen LogP contribution < -0.4 is 10.6 Å². The summed E-state index contributed by atoms with van der Waals surface area (Å²) in [5.74, 6) is 0.592. The smallest absolute Gasteiger partial charge is 0.252 e. The van der Waals surface area contributed by atoms with Gasteiger partial charge in [-0.25, -0.2) is 0 Å². The molecule has 1 saturated carbocycles. The molecule has 27 heavy (non-hydrogen) atoms. The van der Waals surface area contributed by atoms with Crippen molar-refractivity contribution < 1.29 is 4.79 Å². The number of rotatable bonds is 3. The molecule has 1 aliphatic heterocycles. The molecule has 1 aromatic heterocycles. The summed E-state index contributed by atoms with van der Waals surface area (Å²) in [6.07, 6.45) is 4.36. The molecule has 1 aromatic carbocycles. The van der Waals surface area contributed by atoms with Crippen LogP contribution in [0, 0.1) is 13.8 Å². The van der Waals surface area contributed by atoms with Crippen LogP contribution >= 0.6 is 24.8 Å². The number of piperidine rings is 1. The van der Waals surface area contributed by atoms with Gasteiger partial charge in [-0.05, 0) is 70.7 Å². The van der Waals surface area contributed by atoms with Crippen LogP contribution in [0.3, 0.4) is 0 Å². The second-order valence-corrected chi connectivity index (χ2v) is 7.90. The number of nitrogens with zero attached hydrogens (tertiary/aromatic N) is 1. The van der Waals surface area contributed by atoms with Gasteiger partial charge in [-0.3, -0.25) is 9.78 Å². The van der Waals surface area contributed by atoms with E-state index in [1.807, 2.05) is 6.07 Å². The van der Waals surface area contributed by atoms with Crippen molar-refractivity contribution >= 4 is 41.6 Å². The van der Waals surface area contributed by atoms with Crippen LogP contribution in [0.2, 0.25) is 0 Å². The molecule has 6 heteroatoms.